The van der Waals surface area contributed by atoms with E-state index in [9.17, 15) is 5.53 Å². The Morgan fingerprint density at radius 3 is 1.02 bits per heavy atom. The fraction of sp³-hybridized carbons (Fsp3) is 0.692. The molecule has 0 N–H and O–H groups in total. The third-order valence-corrected chi connectivity index (χ3v) is 11.8. The number of hydrogen-bond donors (Lipinski definition) is 0. The molecule has 1 aliphatic rings. The smallest absolute Gasteiger partial charge is 0.210 e. The lowest BCUT2D eigenvalue weighted by molar-refractivity contribution is -0.344. The summed E-state index contributed by atoms with van der Waals surface area (Å²) < 4.78 is 1.60. The highest BCUT2D eigenvalue weighted by atomic mass is 15.2. The third kappa shape index (κ3) is 17.5. The molecule has 0 aliphatic carbocycles. The van der Waals surface area contributed by atoms with Gasteiger partial charge in [0.05, 0.1) is 0 Å². The van der Waals surface area contributed by atoms with Gasteiger partial charge in [-0.3, -0.25) is 0 Å². The Balaban J connectivity index is 1.90. The van der Waals surface area contributed by atoms with E-state index in [1.54, 1.807) is 4.70 Å². The molecule has 0 spiro atoms. The van der Waals surface area contributed by atoms with Crippen molar-refractivity contribution in [3.05, 3.63) is 87.0 Å². The van der Waals surface area contributed by atoms with E-state index in [1.807, 2.05) is 0 Å². The minimum atomic E-state index is 0.976. The Hall–Kier alpha value is -2.48. The second-order valence-corrected chi connectivity index (χ2v) is 17.0. The van der Waals surface area contributed by atoms with Crippen LogP contribution in [0.5, 0.6) is 0 Å². The highest BCUT2D eigenvalue weighted by Gasteiger charge is 2.29. The molecule has 0 amide bonds. The summed E-state index contributed by atoms with van der Waals surface area (Å²) >= 11 is 0. The van der Waals surface area contributed by atoms with Gasteiger partial charge in [0.15, 0.2) is 0 Å². The topological polar surface area (TPSA) is 25.3 Å². The first kappa shape index (κ1) is 45.9. The van der Waals surface area contributed by atoms with Crippen molar-refractivity contribution in [2.45, 2.75) is 234 Å². The predicted molar refractivity (Wildman–Crippen MR) is 239 cm³/mol. The van der Waals surface area contributed by atoms with Crippen molar-refractivity contribution >= 4 is 11.4 Å². The fourth-order valence-corrected chi connectivity index (χ4v) is 8.45. The summed E-state index contributed by atoms with van der Waals surface area (Å²) in [5.74, 6) is 0. The molecule has 0 radical (unpaired) electrons. The van der Waals surface area contributed by atoms with E-state index >= 15 is 0 Å². The van der Waals surface area contributed by atoms with Crippen LogP contribution in [0, 0.1) is 0 Å². The van der Waals surface area contributed by atoms with Crippen molar-refractivity contribution in [2.24, 2.45) is 0 Å². The van der Waals surface area contributed by atoms with Crippen LogP contribution < -0.4 is 0 Å². The van der Waals surface area contributed by atoms with E-state index in [-0.39, 0.29) is 0 Å². The Labute approximate surface area is 335 Å². The van der Waals surface area contributed by atoms with Crippen molar-refractivity contribution in [1.82, 2.24) is 0 Å². The standard InChI is InChI=1S/C52H84N2/c1-6-11-16-20-24-28-32-44-37-45(33-29-25-21-17-12-7-2)40-49(39-44)51-43-48(36-15-10-5)52(54(51)53)50-41-46(34-30-26-22-18-13-8-3)38-47(42-50)35-31-27-23-19-14-9-4/h37-43H,6-36H2,1-5H3. The number of rotatable bonds is 33. The minimum Gasteiger partial charge on any atom is -0.493 e. The maximum absolute atomic E-state index is 12.3. The molecule has 0 saturated heterocycles. The molecular weight excluding hydrogens is 653 g/mol. The summed E-state index contributed by atoms with van der Waals surface area (Å²) in [6, 6.07) is 14.7. The van der Waals surface area contributed by atoms with Gasteiger partial charge in [0.2, 0.25) is 11.4 Å². The number of aryl methyl sites for hydroxylation is 4. The summed E-state index contributed by atoms with van der Waals surface area (Å²) in [6.45, 7) is 11.5. The predicted octanol–water partition coefficient (Wildman–Crippen LogP) is 17.3. The van der Waals surface area contributed by atoms with Gasteiger partial charge in [-0.15, -0.1) is 0 Å². The summed E-state index contributed by atoms with van der Waals surface area (Å²) in [5.41, 5.74) is 23.8. The molecule has 0 saturated carbocycles. The van der Waals surface area contributed by atoms with Gasteiger partial charge in [-0.1, -0.05) is 182 Å². The van der Waals surface area contributed by atoms with Crippen LogP contribution in [-0.2, 0) is 25.7 Å². The van der Waals surface area contributed by atoms with Gasteiger partial charge in [0.1, 0.15) is 0 Å². The molecule has 2 aromatic rings. The summed E-state index contributed by atoms with van der Waals surface area (Å²) in [4.78, 5) is 0. The number of unbranched alkanes of at least 4 members (excludes halogenated alkanes) is 21. The third-order valence-electron chi connectivity index (χ3n) is 11.8. The Morgan fingerprint density at radius 2 is 0.667 bits per heavy atom. The molecule has 3 rings (SSSR count). The Morgan fingerprint density at radius 1 is 0.352 bits per heavy atom. The number of hydrogen-bond acceptors (Lipinski definition) is 0. The van der Waals surface area contributed by atoms with Crippen LogP contribution in [0.3, 0.4) is 0 Å². The molecular formula is C52H84N2. The molecule has 0 bridgehead atoms. The van der Waals surface area contributed by atoms with E-state index in [4.69, 9.17) is 0 Å². The molecule has 2 heteroatoms. The second kappa shape index (κ2) is 28.9. The van der Waals surface area contributed by atoms with Gasteiger partial charge >= 0.3 is 0 Å². The molecule has 0 unspecified atom stereocenters. The van der Waals surface area contributed by atoms with Crippen molar-refractivity contribution in [1.29, 1.82) is 0 Å². The average molecular weight is 737 g/mol. The molecule has 2 nitrogen and oxygen atoms in total. The highest BCUT2D eigenvalue weighted by molar-refractivity contribution is 5.79. The molecule has 1 heterocycles. The molecule has 2 aromatic carbocycles. The van der Waals surface area contributed by atoms with Crippen LogP contribution in [0.4, 0.5) is 0 Å². The molecule has 0 aromatic heterocycles. The molecule has 0 atom stereocenters. The van der Waals surface area contributed by atoms with Gasteiger partial charge in [0, 0.05) is 22.8 Å². The first-order chi connectivity index (χ1) is 26.5. The zero-order valence-corrected chi connectivity index (χ0v) is 36.4. The fourth-order valence-electron chi connectivity index (χ4n) is 8.45. The lowest BCUT2D eigenvalue weighted by Crippen LogP contribution is -2.05. The zero-order chi connectivity index (χ0) is 38.6. The first-order valence-electron chi connectivity index (χ1n) is 23.7. The number of allylic oxidation sites excluding steroid dienone is 2. The number of benzene rings is 2. The maximum Gasteiger partial charge on any atom is 0.210 e. The first-order valence-corrected chi connectivity index (χ1v) is 23.7. The van der Waals surface area contributed by atoms with Crippen LogP contribution in [0.2, 0.25) is 0 Å². The van der Waals surface area contributed by atoms with E-state index < -0.39 is 0 Å². The van der Waals surface area contributed by atoms with E-state index in [0.29, 0.717) is 0 Å². The van der Waals surface area contributed by atoms with E-state index in [2.05, 4.69) is 77.1 Å². The number of nitrogens with zero attached hydrogens (tertiary/aromatic N) is 2. The maximum atomic E-state index is 12.3. The lowest BCUT2D eigenvalue weighted by Gasteiger charge is -2.15. The van der Waals surface area contributed by atoms with Gasteiger partial charge in [-0.2, -0.15) is 0 Å². The van der Waals surface area contributed by atoms with Crippen LogP contribution >= 0.6 is 0 Å². The van der Waals surface area contributed by atoms with Crippen molar-refractivity contribution in [2.75, 3.05) is 0 Å². The van der Waals surface area contributed by atoms with Crippen LogP contribution in [0.25, 0.3) is 16.9 Å². The van der Waals surface area contributed by atoms with Crippen molar-refractivity contribution in [3.8, 4) is 0 Å². The van der Waals surface area contributed by atoms with Crippen LogP contribution in [-0.4, -0.2) is 4.70 Å². The van der Waals surface area contributed by atoms with Gasteiger partial charge in [0.25, 0.3) is 0 Å². The van der Waals surface area contributed by atoms with E-state index in [0.717, 1.165) is 56.3 Å². The molecule has 1 aliphatic heterocycles. The Kier molecular flexibility index (Phi) is 24.5. The summed E-state index contributed by atoms with van der Waals surface area (Å²) in [6.07, 6.45) is 41.9. The second-order valence-electron chi connectivity index (χ2n) is 17.0. The lowest BCUT2D eigenvalue weighted by atomic mass is 9.94. The van der Waals surface area contributed by atoms with Gasteiger partial charge < -0.3 is 5.53 Å². The average Bonchev–Trinajstić information content (AvgIpc) is 3.51. The quantitative estimate of drug-likeness (QED) is 0.0515. The van der Waals surface area contributed by atoms with Crippen LogP contribution in [0.1, 0.15) is 241 Å². The Bertz CT molecular complexity index is 1310. The summed E-state index contributed by atoms with van der Waals surface area (Å²) in [5, 5.41) is 0. The van der Waals surface area contributed by atoms with Crippen molar-refractivity contribution < 1.29 is 4.70 Å². The van der Waals surface area contributed by atoms with Crippen LogP contribution in [0.15, 0.2) is 48.0 Å². The van der Waals surface area contributed by atoms with E-state index in [1.165, 1.54) is 193 Å². The molecule has 54 heavy (non-hydrogen) atoms. The zero-order valence-electron chi connectivity index (χ0n) is 36.4. The molecule has 302 valence electrons. The van der Waals surface area contributed by atoms with Crippen molar-refractivity contribution in [3.63, 3.8) is 0 Å². The normalized spacial score (nSPS) is 13.1. The van der Waals surface area contributed by atoms with Gasteiger partial charge in [-0.25, -0.2) is 4.70 Å². The largest absolute Gasteiger partial charge is 0.493 e. The minimum absolute atomic E-state index is 0.976. The van der Waals surface area contributed by atoms with Gasteiger partial charge in [-0.05, 0) is 111 Å². The monoisotopic (exact) mass is 737 g/mol. The summed E-state index contributed by atoms with van der Waals surface area (Å²) in [7, 11) is 0. The molecule has 0 fully saturated rings. The highest BCUT2D eigenvalue weighted by Crippen LogP contribution is 2.39. The SMILES string of the molecule is CCCCCCCCc1cc(CCCCCCCC)cc(C2=CC(CCCC)=C(c3cc(CCCCCCCC)cc(CCCCCCCC)c3)[N+]2=[N-])c1.